The van der Waals surface area contributed by atoms with E-state index in [0.717, 1.165) is 0 Å². The van der Waals surface area contributed by atoms with E-state index in [9.17, 15) is 13.7 Å². The molecule has 0 aliphatic carbocycles. The molecule has 1 aliphatic rings. The molecule has 1 aromatic rings. The lowest BCUT2D eigenvalue weighted by atomic mass is 10.0. The van der Waals surface area contributed by atoms with Crippen molar-refractivity contribution < 1.29 is 13.2 Å². The predicted molar refractivity (Wildman–Crippen MR) is 87.7 cm³/mol. The molecule has 0 spiro atoms. The Morgan fingerprint density at radius 3 is 2.70 bits per heavy atom. The van der Waals surface area contributed by atoms with Crippen molar-refractivity contribution in [1.29, 1.82) is 5.26 Å². The van der Waals surface area contributed by atoms with Crippen LogP contribution in [0.25, 0.3) is 0 Å². The summed E-state index contributed by atoms with van der Waals surface area (Å²) in [6.45, 7) is 4.40. The number of sulfonamides is 1. The van der Waals surface area contributed by atoms with Crippen molar-refractivity contribution in [2.75, 3.05) is 13.7 Å². The zero-order chi connectivity index (χ0) is 17.2. The third-order valence-electron chi connectivity index (χ3n) is 3.98. The third kappa shape index (κ3) is 3.89. The zero-order valence-corrected chi connectivity index (χ0v) is 14.9. The number of nitriles is 1. The monoisotopic (exact) mass is 357 g/mol. The zero-order valence-electron chi connectivity index (χ0n) is 13.3. The average Bonchev–Trinajstić information content (AvgIpc) is 2.89. The van der Waals surface area contributed by atoms with Crippen LogP contribution in [0.5, 0.6) is 5.75 Å². The molecular formula is C15H20ClN3O3S. The van der Waals surface area contributed by atoms with Gasteiger partial charge < -0.3 is 9.64 Å². The Balaban J connectivity index is 2.23. The Morgan fingerprint density at radius 1 is 1.48 bits per heavy atom. The molecule has 2 unspecified atom stereocenters. The molecule has 2 atom stereocenters. The lowest BCUT2D eigenvalue weighted by Gasteiger charge is -2.21. The Morgan fingerprint density at radius 2 is 2.17 bits per heavy atom. The number of likely N-dealkylation sites (tertiary alicyclic amines) is 1. The minimum absolute atomic E-state index is 0.00371. The van der Waals surface area contributed by atoms with E-state index in [0.29, 0.717) is 18.0 Å². The summed E-state index contributed by atoms with van der Waals surface area (Å²) >= 11 is 5.91. The predicted octanol–water partition coefficient (Wildman–Crippen LogP) is 2.21. The second-order valence-corrected chi connectivity index (χ2v) is 8.03. The largest absolute Gasteiger partial charge is 0.495 e. The summed E-state index contributed by atoms with van der Waals surface area (Å²) in [6, 6.07) is 4.16. The van der Waals surface area contributed by atoms with Crippen LogP contribution in [-0.2, 0) is 10.0 Å². The van der Waals surface area contributed by atoms with Gasteiger partial charge in [-0.3, -0.25) is 0 Å². The highest BCUT2D eigenvalue weighted by molar-refractivity contribution is 7.89. The molecular weight excluding hydrogens is 338 g/mol. The van der Waals surface area contributed by atoms with E-state index in [4.69, 9.17) is 16.3 Å². The first kappa shape index (κ1) is 17.9. The van der Waals surface area contributed by atoms with Crippen LogP contribution >= 0.6 is 11.6 Å². The Bertz CT molecular complexity index is 715. The molecule has 8 heteroatoms. The topological polar surface area (TPSA) is 82.4 Å². The maximum absolute atomic E-state index is 12.6. The van der Waals surface area contributed by atoms with Gasteiger partial charge in [0.05, 0.1) is 7.11 Å². The number of nitrogens with one attached hydrogen (secondary N) is 1. The first-order valence-electron chi connectivity index (χ1n) is 7.30. The molecule has 0 saturated carbocycles. The fourth-order valence-electron chi connectivity index (χ4n) is 2.84. The molecule has 0 radical (unpaired) electrons. The SMILES string of the molecule is COc1ccc(Cl)cc1S(=O)(=O)NC1CC(C(C)C)N(C#N)C1. The first-order chi connectivity index (χ1) is 10.8. The maximum atomic E-state index is 12.6. The van der Waals surface area contributed by atoms with Crippen molar-refractivity contribution in [3.05, 3.63) is 23.2 Å². The van der Waals surface area contributed by atoms with E-state index < -0.39 is 10.0 Å². The summed E-state index contributed by atoms with van der Waals surface area (Å²) in [4.78, 5) is 1.64. The fraction of sp³-hybridized carbons (Fsp3) is 0.533. The van der Waals surface area contributed by atoms with Gasteiger partial charge in [-0.05, 0) is 30.5 Å². The van der Waals surface area contributed by atoms with E-state index in [1.165, 1.54) is 19.2 Å². The van der Waals surface area contributed by atoms with Crippen molar-refractivity contribution in [3.63, 3.8) is 0 Å². The Kier molecular flexibility index (Phi) is 5.40. The molecule has 1 aromatic carbocycles. The van der Waals surface area contributed by atoms with Gasteiger partial charge in [-0.15, -0.1) is 0 Å². The van der Waals surface area contributed by atoms with Gasteiger partial charge in [-0.2, -0.15) is 5.26 Å². The number of rotatable bonds is 5. The fourth-order valence-corrected chi connectivity index (χ4v) is 4.51. The molecule has 2 rings (SSSR count). The molecule has 6 nitrogen and oxygen atoms in total. The Labute approximate surface area is 142 Å². The van der Waals surface area contributed by atoms with Crippen LogP contribution in [0.15, 0.2) is 23.1 Å². The van der Waals surface area contributed by atoms with E-state index in [1.54, 1.807) is 11.0 Å². The molecule has 0 aromatic heterocycles. The van der Waals surface area contributed by atoms with Crippen molar-refractivity contribution >= 4 is 21.6 Å². The molecule has 23 heavy (non-hydrogen) atoms. The normalized spacial score (nSPS) is 21.5. The number of halogens is 1. The summed E-state index contributed by atoms with van der Waals surface area (Å²) in [5.41, 5.74) is 0. The van der Waals surface area contributed by atoms with Gasteiger partial charge in [0.25, 0.3) is 0 Å². The van der Waals surface area contributed by atoms with Crippen LogP contribution in [0.4, 0.5) is 0 Å². The average molecular weight is 358 g/mol. The van der Waals surface area contributed by atoms with E-state index in [1.807, 2.05) is 13.8 Å². The van der Waals surface area contributed by atoms with Crippen LogP contribution in [0.2, 0.25) is 5.02 Å². The maximum Gasteiger partial charge on any atom is 0.244 e. The van der Waals surface area contributed by atoms with Crippen LogP contribution in [0.3, 0.4) is 0 Å². The van der Waals surface area contributed by atoms with E-state index >= 15 is 0 Å². The van der Waals surface area contributed by atoms with Crippen molar-refractivity contribution in [3.8, 4) is 11.9 Å². The second kappa shape index (κ2) is 6.95. The minimum atomic E-state index is -3.79. The van der Waals surface area contributed by atoms with Crippen LogP contribution in [0, 0.1) is 17.4 Å². The van der Waals surface area contributed by atoms with Gasteiger partial charge in [0.15, 0.2) is 6.19 Å². The Hall–Kier alpha value is -1.49. The van der Waals surface area contributed by atoms with Gasteiger partial charge in [-0.25, -0.2) is 13.1 Å². The molecule has 0 bridgehead atoms. The minimum Gasteiger partial charge on any atom is -0.495 e. The molecule has 1 aliphatic heterocycles. The summed E-state index contributed by atoms with van der Waals surface area (Å²) in [6.07, 6.45) is 2.73. The van der Waals surface area contributed by atoms with Crippen molar-refractivity contribution in [2.24, 2.45) is 5.92 Å². The lowest BCUT2D eigenvalue weighted by molar-refractivity contribution is 0.291. The van der Waals surface area contributed by atoms with Crippen LogP contribution in [-0.4, -0.2) is 39.1 Å². The highest BCUT2D eigenvalue weighted by Crippen LogP contribution is 2.29. The van der Waals surface area contributed by atoms with Gasteiger partial charge in [0.1, 0.15) is 10.6 Å². The quantitative estimate of drug-likeness (QED) is 0.817. The third-order valence-corrected chi connectivity index (χ3v) is 5.76. The molecule has 1 saturated heterocycles. The smallest absolute Gasteiger partial charge is 0.244 e. The van der Waals surface area contributed by atoms with Gasteiger partial charge >= 0.3 is 0 Å². The highest BCUT2D eigenvalue weighted by Gasteiger charge is 2.36. The standard InChI is InChI=1S/C15H20ClN3O3S/c1-10(2)13-7-12(8-19(13)9-17)18-23(20,21)15-6-11(16)4-5-14(15)22-3/h4-6,10,12-13,18H,7-8H2,1-3H3. The number of hydrogen-bond donors (Lipinski definition) is 1. The van der Waals surface area contributed by atoms with E-state index in [-0.39, 0.29) is 28.6 Å². The highest BCUT2D eigenvalue weighted by atomic mass is 35.5. The van der Waals surface area contributed by atoms with Gasteiger partial charge in [0.2, 0.25) is 10.0 Å². The first-order valence-corrected chi connectivity index (χ1v) is 9.17. The number of methoxy groups -OCH3 is 1. The number of hydrogen-bond acceptors (Lipinski definition) is 5. The second-order valence-electron chi connectivity index (χ2n) is 5.91. The van der Waals surface area contributed by atoms with Gasteiger partial charge in [0, 0.05) is 23.7 Å². The number of benzene rings is 1. The van der Waals surface area contributed by atoms with Gasteiger partial charge in [-0.1, -0.05) is 25.4 Å². The van der Waals surface area contributed by atoms with E-state index in [2.05, 4.69) is 10.9 Å². The number of nitrogens with zero attached hydrogens (tertiary/aromatic N) is 2. The van der Waals surface area contributed by atoms with Crippen molar-refractivity contribution in [2.45, 2.75) is 37.2 Å². The lowest BCUT2D eigenvalue weighted by Crippen LogP contribution is -2.36. The molecule has 1 heterocycles. The molecule has 0 amide bonds. The number of ether oxygens (including phenoxy) is 1. The summed E-state index contributed by atoms with van der Waals surface area (Å²) < 4.78 is 33.1. The molecule has 1 fully saturated rings. The molecule has 126 valence electrons. The van der Waals surface area contributed by atoms with Crippen LogP contribution in [0.1, 0.15) is 20.3 Å². The summed E-state index contributed by atoms with van der Waals surface area (Å²) in [5.74, 6) is 0.502. The van der Waals surface area contributed by atoms with Crippen molar-refractivity contribution in [1.82, 2.24) is 9.62 Å². The summed E-state index contributed by atoms with van der Waals surface area (Å²) in [7, 11) is -2.38. The van der Waals surface area contributed by atoms with Crippen LogP contribution < -0.4 is 9.46 Å². The summed E-state index contributed by atoms with van der Waals surface area (Å²) in [5, 5.41) is 9.51. The molecule has 1 N–H and O–H groups in total.